The first-order valence-electron chi connectivity index (χ1n) is 7.88. The number of rotatable bonds is 2. The lowest BCUT2D eigenvalue weighted by Crippen LogP contribution is -2.49. The summed E-state index contributed by atoms with van der Waals surface area (Å²) in [5.74, 6) is 0.166. The van der Waals surface area contributed by atoms with Gasteiger partial charge in [-0.2, -0.15) is 0 Å². The highest BCUT2D eigenvalue weighted by Crippen LogP contribution is 2.21. The van der Waals surface area contributed by atoms with Crippen LogP contribution in [0.4, 0.5) is 10.5 Å². The van der Waals surface area contributed by atoms with Gasteiger partial charge in [-0.1, -0.05) is 38.4 Å². The molecule has 0 aromatic heterocycles. The van der Waals surface area contributed by atoms with Crippen molar-refractivity contribution in [3.8, 4) is 0 Å². The molecule has 0 aliphatic carbocycles. The number of anilines is 1. The zero-order chi connectivity index (χ0) is 17.0. The van der Waals surface area contributed by atoms with Crippen LogP contribution in [0.2, 0.25) is 5.02 Å². The Morgan fingerprint density at radius 1 is 1.22 bits per heavy atom. The van der Waals surface area contributed by atoms with Crippen LogP contribution in [0.25, 0.3) is 0 Å². The number of hydrogen-bond donors (Lipinski definition) is 2. The van der Waals surface area contributed by atoms with Crippen LogP contribution in [0.5, 0.6) is 0 Å². The standard InChI is InChI=1S/C17H24ClN3O2/c1-17(2,3)15(22)21-9-7-13(8-10-21)19-16(23)20-14-6-4-5-12(18)11-14/h4-6,11,13H,7-10H2,1-3H3,(H2,19,20,23). The van der Waals surface area contributed by atoms with Crippen LogP contribution >= 0.6 is 11.6 Å². The van der Waals surface area contributed by atoms with E-state index in [0.717, 1.165) is 12.8 Å². The second kappa shape index (κ2) is 7.21. The van der Waals surface area contributed by atoms with Crippen LogP contribution in [-0.2, 0) is 4.79 Å². The fourth-order valence-corrected chi connectivity index (χ4v) is 2.81. The van der Waals surface area contributed by atoms with Gasteiger partial charge in [0.2, 0.25) is 5.91 Å². The topological polar surface area (TPSA) is 61.4 Å². The summed E-state index contributed by atoms with van der Waals surface area (Å²) in [5.41, 5.74) is 0.305. The maximum Gasteiger partial charge on any atom is 0.319 e. The molecule has 3 amide bonds. The molecule has 0 unspecified atom stereocenters. The molecular formula is C17H24ClN3O2. The average Bonchev–Trinajstić information content (AvgIpc) is 2.46. The van der Waals surface area contributed by atoms with Crippen molar-refractivity contribution in [3.63, 3.8) is 0 Å². The Morgan fingerprint density at radius 3 is 2.43 bits per heavy atom. The highest BCUT2D eigenvalue weighted by Gasteiger charge is 2.30. The molecule has 1 heterocycles. The molecule has 2 rings (SSSR count). The Labute approximate surface area is 142 Å². The molecule has 2 N–H and O–H groups in total. The first kappa shape index (κ1) is 17.6. The van der Waals surface area contributed by atoms with Gasteiger partial charge in [0, 0.05) is 35.3 Å². The maximum absolute atomic E-state index is 12.2. The van der Waals surface area contributed by atoms with Gasteiger partial charge < -0.3 is 15.5 Å². The third-order valence-corrected chi connectivity index (χ3v) is 4.08. The van der Waals surface area contributed by atoms with Gasteiger partial charge in [-0.25, -0.2) is 4.79 Å². The Kier molecular flexibility index (Phi) is 5.52. The summed E-state index contributed by atoms with van der Waals surface area (Å²) in [6.45, 7) is 7.14. The molecular weight excluding hydrogens is 314 g/mol. The maximum atomic E-state index is 12.2. The van der Waals surface area contributed by atoms with E-state index in [-0.39, 0.29) is 23.4 Å². The summed E-state index contributed by atoms with van der Waals surface area (Å²) in [5, 5.41) is 6.31. The third kappa shape index (κ3) is 5.13. The van der Waals surface area contributed by atoms with Gasteiger partial charge in [-0.05, 0) is 31.0 Å². The van der Waals surface area contributed by atoms with Gasteiger partial charge >= 0.3 is 6.03 Å². The lowest BCUT2D eigenvalue weighted by atomic mass is 9.93. The molecule has 0 spiro atoms. The summed E-state index contributed by atoms with van der Waals surface area (Å²) < 4.78 is 0. The molecule has 1 aromatic rings. The summed E-state index contributed by atoms with van der Waals surface area (Å²) in [6.07, 6.45) is 1.54. The van der Waals surface area contributed by atoms with Crippen molar-refractivity contribution in [1.82, 2.24) is 10.2 Å². The van der Waals surface area contributed by atoms with Crippen molar-refractivity contribution in [2.24, 2.45) is 5.41 Å². The second-order valence-electron chi connectivity index (χ2n) is 6.93. The molecule has 23 heavy (non-hydrogen) atoms. The zero-order valence-corrected chi connectivity index (χ0v) is 14.6. The molecule has 0 radical (unpaired) electrons. The van der Waals surface area contributed by atoms with Gasteiger partial charge in [-0.15, -0.1) is 0 Å². The minimum atomic E-state index is -0.357. The van der Waals surface area contributed by atoms with Crippen LogP contribution in [0.3, 0.4) is 0 Å². The summed E-state index contributed by atoms with van der Waals surface area (Å²) >= 11 is 5.89. The number of piperidine rings is 1. The molecule has 1 aliphatic rings. The lowest BCUT2D eigenvalue weighted by molar-refractivity contribution is -0.140. The summed E-state index contributed by atoms with van der Waals surface area (Å²) in [7, 11) is 0. The van der Waals surface area contributed by atoms with E-state index in [1.54, 1.807) is 24.3 Å². The third-order valence-electron chi connectivity index (χ3n) is 3.84. The first-order chi connectivity index (χ1) is 10.8. The minimum absolute atomic E-state index is 0.0817. The Balaban J connectivity index is 1.80. The van der Waals surface area contributed by atoms with Crippen molar-refractivity contribution >= 4 is 29.2 Å². The molecule has 1 fully saturated rings. The summed E-state index contributed by atoms with van der Waals surface area (Å²) in [4.78, 5) is 26.1. The van der Waals surface area contributed by atoms with Crippen molar-refractivity contribution in [2.45, 2.75) is 39.7 Å². The van der Waals surface area contributed by atoms with E-state index in [9.17, 15) is 9.59 Å². The molecule has 0 atom stereocenters. The highest BCUT2D eigenvalue weighted by molar-refractivity contribution is 6.30. The monoisotopic (exact) mass is 337 g/mol. The number of carbonyl (C=O) groups excluding carboxylic acids is 2. The molecule has 126 valence electrons. The van der Waals surface area contributed by atoms with Crippen molar-refractivity contribution in [3.05, 3.63) is 29.3 Å². The number of likely N-dealkylation sites (tertiary alicyclic amines) is 1. The number of amides is 3. The van der Waals surface area contributed by atoms with Crippen LogP contribution in [-0.4, -0.2) is 36.0 Å². The van der Waals surface area contributed by atoms with E-state index in [2.05, 4.69) is 10.6 Å². The van der Waals surface area contributed by atoms with Crippen molar-refractivity contribution < 1.29 is 9.59 Å². The largest absolute Gasteiger partial charge is 0.342 e. The number of benzene rings is 1. The molecule has 0 bridgehead atoms. The second-order valence-corrected chi connectivity index (χ2v) is 7.36. The van der Waals surface area contributed by atoms with E-state index in [1.807, 2.05) is 25.7 Å². The van der Waals surface area contributed by atoms with Crippen molar-refractivity contribution in [1.29, 1.82) is 0 Å². The van der Waals surface area contributed by atoms with Crippen LogP contribution in [0.15, 0.2) is 24.3 Å². The van der Waals surface area contributed by atoms with Gasteiger partial charge in [0.15, 0.2) is 0 Å². The zero-order valence-electron chi connectivity index (χ0n) is 13.9. The van der Waals surface area contributed by atoms with Gasteiger partial charge in [0.05, 0.1) is 0 Å². The van der Waals surface area contributed by atoms with Crippen LogP contribution < -0.4 is 10.6 Å². The van der Waals surface area contributed by atoms with E-state index < -0.39 is 0 Å². The normalized spacial score (nSPS) is 16.1. The number of hydrogen-bond acceptors (Lipinski definition) is 2. The Bertz CT molecular complexity index is 575. The van der Waals surface area contributed by atoms with E-state index in [4.69, 9.17) is 11.6 Å². The van der Waals surface area contributed by atoms with Crippen LogP contribution in [0.1, 0.15) is 33.6 Å². The SMILES string of the molecule is CC(C)(C)C(=O)N1CCC(NC(=O)Nc2cccc(Cl)c2)CC1. The van der Waals surface area contributed by atoms with E-state index >= 15 is 0 Å². The van der Waals surface area contributed by atoms with E-state index in [1.165, 1.54) is 0 Å². The van der Waals surface area contributed by atoms with Crippen molar-refractivity contribution in [2.75, 3.05) is 18.4 Å². The number of carbonyl (C=O) groups is 2. The first-order valence-corrected chi connectivity index (χ1v) is 8.26. The van der Waals surface area contributed by atoms with Gasteiger partial charge in [0.1, 0.15) is 0 Å². The van der Waals surface area contributed by atoms with Crippen LogP contribution in [0, 0.1) is 5.41 Å². The number of nitrogens with zero attached hydrogens (tertiary/aromatic N) is 1. The lowest BCUT2D eigenvalue weighted by Gasteiger charge is -2.35. The Hall–Kier alpha value is -1.75. The molecule has 0 saturated carbocycles. The molecule has 1 aromatic carbocycles. The predicted octanol–water partition coefficient (Wildman–Crippen LogP) is 3.50. The van der Waals surface area contributed by atoms with Gasteiger partial charge in [0.25, 0.3) is 0 Å². The molecule has 1 aliphatic heterocycles. The molecule has 5 nitrogen and oxygen atoms in total. The average molecular weight is 338 g/mol. The fourth-order valence-electron chi connectivity index (χ4n) is 2.62. The van der Waals surface area contributed by atoms with E-state index in [0.29, 0.717) is 23.8 Å². The molecule has 6 heteroatoms. The molecule has 1 saturated heterocycles. The fraction of sp³-hybridized carbons (Fsp3) is 0.529. The predicted molar refractivity (Wildman–Crippen MR) is 92.7 cm³/mol. The number of urea groups is 1. The summed E-state index contributed by atoms with van der Waals surface area (Å²) in [6, 6.07) is 6.87. The van der Waals surface area contributed by atoms with Gasteiger partial charge in [-0.3, -0.25) is 4.79 Å². The highest BCUT2D eigenvalue weighted by atomic mass is 35.5. The quantitative estimate of drug-likeness (QED) is 0.867. The smallest absolute Gasteiger partial charge is 0.319 e. The number of nitrogens with one attached hydrogen (secondary N) is 2. The minimum Gasteiger partial charge on any atom is -0.342 e. The Morgan fingerprint density at radius 2 is 1.87 bits per heavy atom. The number of halogens is 1.